The minimum absolute atomic E-state index is 0. The average Bonchev–Trinajstić information content (AvgIpc) is 2.74. The third kappa shape index (κ3) is 7.64. The van der Waals surface area contributed by atoms with E-state index in [1.165, 1.54) is 27.8 Å². The van der Waals surface area contributed by atoms with Crippen LogP contribution >= 0.6 is 0 Å². The molecule has 2 nitrogen and oxygen atoms in total. The van der Waals surface area contributed by atoms with Crippen LogP contribution in [0.5, 0.6) is 0 Å². The Kier molecular flexibility index (Phi) is 9.33. The van der Waals surface area contributed by atoms with E-state index < -0.39 is 0 Å². The molecular formula is C29H32N2. The van der Waals surface area contributed by atoms with Gasteiger partial charge in [-0.25, -0.2) is 0 Å². The molecule has 2 aromatic carbocycles. The molecule has 0 aromatic heterocycles. The number of benzene rings is 2. The predicted molar refractivity (Wildman–Crippen MR) is 135 cm³/mol. The molecule has 158 valence electrons. The van der Waals surface area contributed by atoms with Crippen molar-refractivity contribution in [1.29, 1.82) is 0 Å². The highest BCUT2D eigenvalue weighted by molar-refractivity contribution is 6.09. The van der Waals surface area contributed by atoms with Gasteiger partial charge in [-0.2, -0.15) is 0 Å². The van der Waals surface area contributed by atoms with Crippen LogP contribution in [-0.2, 0) is 6.42 Å². The Morgan fingerprint density at radius 3 is 2.55 bits per heavy atom. The van der Waals surface area contributed by atoms with E-state index in [4.69, 9.17) is 0 Å². The number of rotatable bonds is 8. The summed E-state index contributed by atoms with van der Waals surface area (Å²) in [6.45, 7) is 6.94. The fraction of sp³-hybridized carbons (Fsp3) is 0.207. The standard InChI is InChI=1S/C28H28N2.CH4/c1-22-17-23(2)19-28(18-22)27(14-13-26-12-8-7-9-24(26)3)20-30-21-29-16-15-25-10-5-4-6-11-25;/h4-5,7-10,12,14-20,29H,13,21H2,1-3H3;1H4/b16-15-,27-14+,30-20+;. The summed E-state index contributed by atoms with van der Waals surface area (Å²) in [5, 5.41) is 3.21. The molecule has 1 aliphatic rings. The molecule has 3 rings (SSSR count). The zero-order chi connectivity index (χ0) is 21.2. The van der Waals surface area contributed by atoms with Gasteiger partial charge in [0.25, 0.3) is 0 Å². The largest absolute Gasteiger partial charge is 0.372 e. The van der Waals surface area contributed by atoms with Crippen LogP contribution in [-0.4, -0.2) is 12.9 Å². The zero-order valence-corrected chi connectivity index (χ0v) is 17.9. The lowest BCUT2D eigenvalue weighted by atomic mass is 9.98. The minimum Gasteiger partial charge on any atom is -0.372 e. The second-order valence-electron chi connectivity index (χ2n) is 7.42. The third-order valence-electron chi connectivity index (χ3n) is 4.82. The minimum atomic E-state index is 0. The Labute approximate surface area is 187 Å². The Balaban J connectivity index is 0.00000341. The van der Waals surface area contributed by atoms with Crippen LogP contribution in [0, 0.1) is 20.8 Å². The number of hydrogen-bond acceptors (Lipinski definition) is 2. The van der Waals surface area contributed by atoms with Gasteiger partial charge in [0.15, 0.2) is 0 Å². The monoisotopic (exact) mass is 408 g/mol. The van der Waals surface area contributed by atoms with Crippen molar-refractivity contribution >= 4 is 11.8 Å². The summed E-state index contributed by atoms with van der Waals surface area (Å²) in [6, 6.07) is 15.2. The molecule has 0 atom stereocenters. The predicted octanol–water partition coefficient (Wildman–Crippen LogP) is 6.81. The second kappa shape index (κ2) is 12.2. The Bertz CT molecular complexity index is 1090. The Morgan fingerprint density at radius 1 is 1.06 bits per heavy atom. The van der Waals surface area contributed by atoms with Crippen LogP contribution < -0.4 is 5.32 Å². The third-order valence-corrected chi connectivity index (χ3v) is 4.82. The smallest absolute Gasteiger partial charge is 0.107 e. The second-order valence-corrected chi connectivity index (χ2v) is 7.42. The summed E-state index contributed by atoms with van der Waals surface area (Å²) in [5.74, 6) is 0. The number of nitrogens with zero attached hydrogens (tertiary/aromatic N) is 1. The fourth-order valence-electron chi connectivity index (χ4n) is 3.31. The topological polar surface area (TPSA) is 24.4 Å². The first-order valence-corrected chi connectivity index (χ1v) is 10.2. The molecule has 0 heterocycles. The molecule has 0 fully saturated rings. The lowest BCUT2D eigenvalue weighted by Gasteiger charge is -2.08. The molecular weight excluding hydrogens is 376 g/mol. The van der Waals surface area contributed by atoms with E-state index in [0.717, 1.165) is 17.6 Å². The SMILES string of the molecule is C.Cc1cc(C)cc(C(=C/Cc2ccccc2C)/C=N/CN/C=C\C2=C=C=CC=C2)c1. The molecule has 0 unspecified atom stereocenters. The van der Waals surface area contributed by atoms with Gasteiger partial charge >= 0.3 is 0 Å². The molecule has 31 heavy (non-hydrogen) atoms. The van der Waals surface area contributed by atoms with Crippen LogP contribution in [0.25, 0.3) is 5.57 Å². The first kappa shape index (κ1) is 23.7. The Hall–Kier alpha value is -3.57. The maximum atomic E-state index is 4.60. The van der Waals surface area contributed by atoms with Gasteiger partial charge in [0.1, 0.15) is 6.67 Å². The molecule has 0 bridgehead atoms. The lowest BCUT2D eigenvalue weighted by Crippen LogP contribution is -2.04. The summed E-state index contributed by atoms with van der Waals surface area (Å²) < 4.78 is 0. The molecule has 1 N–H and O–H groups in total. The summed E-state index contributed by atoms with van der Waals surface area (Å²) in [7, 11) is 0. The van der Waals surface area contributed by atoms with Crippen molar-refractivity contribution in [2.24, 2.45) is 4.99 Å². The molecule has 0 spiro atoms. The highest BCUT2D eigenvalue weighted by Crippen LogP contribution is 2.19. The first-order chi connectivity index (χ1) is 14.6. The van der Waals surface area contributed by atoms with Crippen LogP contribution in [0.1, 0.15) is 35.2 Å². The van der Waals surface area contributed by atoms with Crippen molar-refractivity contribution in [2.45, 2.75) is 34.6 Å². The van der Waals surface area contributed by atoms with E-state index in [9.17, 15) is 0 Å². The molecule has 0 saturated heterocycles. The van der Waals surface area contributed by atoms with Crippen molar-refractivity contribution in [3.8, 4) is 0 Å². The molecule has 2 heteroatoms. The van der Waals surface area contributed by atoms with E-state index in [0.29, 0.717) is 6.67 Å². The number of aryl methyl sites for hydroxylation is 3. The molecule has 1 aliphatic carbocycles. The molecule has 2 aromatic rings. The van der Waals surface area contributed by atoms with E-state index in [2.05, 4.69) is 91.1 Å². The van der Waals surface area contributed by atoms with Crippen LogP contribution in [0.2, 0.25) is 0 Å². The van der Waals surface area contributed by atoms with Crippen LogP contribution in [0.3, 0.4) is 0 Å². The van der Waals surface area contributed by atoms with Crippen LogP contribution in [0.15, 0.2) is 101 Å². The Morgan fingerprint density at radius 2 is 1.84 bits per heavy atom. The van der Waals surface area contributed by atoms with E-state index >= 15 is 0 Å². The normalized spacial score (nSPS) is 13.0. The quantitative estimate of drug-likeness (QED) is 0.289. The maximum Gasteiger partial charge on any atom is 0.107 e. The van der Waals surface area contributed by atoms with Crippen molar-refractivity contribution < 1.29 is 0 Å². The summed E-state index contributed by atoms with van der Waals surface area (Å²) >= 11 is 0. The first-order valence-electron chi connectivity index (χ1n) is 10.2. The lowest BCUT2D eigenvalue weighted by molar-refractivity contribution is 0.889. The fourth-order valence-corrected chi connectivity index (χ4v) is 3.31. The summed E-state index contributed by atoms with van der Waals surface area (Å²) in [6.07, 6.45) is 14.8. The highest BCUT2D eigenvalue weighted by Gasteiger charge is 2.03. The molecule has 0 aliphatic heterocycles. The van der Waals surface area contributed by atoms with Gasteiger partial charge in [0, 0.05) is 11.8 Å². The van der Waals surface area contributed by atoms with Gasteiger partial charge in [-0.1, -0.05) is 84.6 Å². The number of allylic oxidation sites excluding steroid dienone is 7. The van der Waals surface area contributed by atoms with Crippen molar-refractivity contribution in [1.82, 2.24) is 5.32 Å². The van der Waals surface area contributed by atoms with Gasteiger partial charge in [0.2, 0.25) is 0 Å². The maximum absolute atomic E-state index is 4.60. The average molecular weight is 409 g/mol. The summed E-state index contributed by atoms with van der Waals surface area (Å²) in [4.78, 5) is 4.60. The van der Waals surface area contributed by atoms with Gasteiger partial charge in [0.05, 0.1) is 0 Å². The highest BCUT2D eigenvalue weighted by atomic mass is 15.0. The van der Waals surface area contributed by atoms with Gasteiger partial charge in [-0.3, -0.25) is 4.99 Å². The van der Waals surface area contributed by atoms with E-state index in [1.807, 2.05) is 36.7 Å². The molecule has 0 amide bonds. The van der Waals surface area contributed by atoms with Crippen molar-refractivity contribution in [3.05, 3.63) is 124 Å². The van der Waals surface area contributed by atoms with E-state index in [1.54, 1.807) is 0 Å². The van der Waals surface area contributed by atoms with Crippen molar-refractivity contribution in [3.63, 3.8) is 0 Å². The number of nitrogens with one attached hydrogen (secondary N) is 1. The zero-order valence-electron chi connectivity index (χ0n) is 17.9. The molecule has 0 saturated carbocycles. The van der Waals surface area contributed by atoms with Gasteiger partial charge in [-0.05, 0) is 73.9 Å². The summed E-state index contributed by atoms with van der Waals surface area (Å²) in [5.41, 5.74) is 14.5. The van der Waals surface area contributed by atoms with Gasteiger partial charge in [-0.15, -0.1) is 0 Å². The van der Waals surface area contributed by atoms with Gasteiger partial charge < -0.3 is 5.32 Å². The number of hydrogen-bond donors (Lipinski definition) is 1. The van der Waals surface area contributed by atoms with Crippen LogP contribution in [0.4, 0.5) is 0 Å². The molecule has 0 radical (unpaired) electrons. The van der Waals surface area contributed by atoms with Crippen molar-refractivity contribution in [2.75, 3.05) is 6.67 Å². The van der Waals surface area contributed by atoms with E-state index in [-0.39, 0.29) is 7.43 Å². The number of aliphatic imine (C=N–C) groups is 1.